The molecular weight excluding hydrogens is 295 g/mol. The molecule has 2 N–H and O–H groups in total. The maximum absolute atomic E-state index is 8.52. The Bertz CT molecular complexity index is 270. The molecule has 10 nitrogen and oxygen atoms in total. The van der Waals surface area contributed by atoms with Crippen molar-refractivity contribution in [1.29, 1.82) is 0 Å². The predicted molar refractivity (Wildman–Crippen MR) is 44.4 cm³/mol. The van der Waals surface area contributed by atoms with Crippen molar-refractivity contribution < 1.29 is 74.8 Å². The summed E-state index contributed by atoms with van der Waals surface area (Å²) < 4.78 is 68.2. The number of aliphatic hydroxyl groups excluding tert-OH is 2. The second-order valence-electron chi connectivity index (χ2n) is 1.97. The summed E-state index contributed by atoms with van der Waals surface area (Å²) in [7, 11) is -10.3. The molecule has 0 saturated heterocycles. The summed E-state index contributed by atoms with van der Waals surface area (Å²) in [6, 6.07) is 0. The van der Waals surface area contributed by atoms with Gasteiger partial charge in [0.2, 0.25) is 0 Å². The van der Waals surface area contributed by atoms with Crippen LogP contribution in [-0.2, 0) is 20.8 Å². The summed E-state index contributed by atoms with van der Waals surface area (Å²) in [4.78, 5) is 0. The van der Waals surface area contributed by atoms with Crippen molar-refractivity contribution in [2.75, 3.05) is 13.2 Å². The Morgan fingerprint density at radius 3 is 0.882 bits per heavy atom. The number of rotatable bonds is 3. The van der Waals surface area contributed by atoms with Gasteiger partial charge in [0.05, 0.1) is 0 Å². The van der Waals surface area contributed by atoms with E-state index in [2.05, 4.69) is 0 Å². The molecule has 0 saturated carbocycles. The number of hydrogen-bond donors (Lipinski definition) is 2. The molecule has 102 valence electrons. The third-order valence-electron chi connectivity index (χ3n) is 0.566. The molecule has 0 fully saturated rings. The Morgan fingerprint density at radius 2 is 0.824 bits per heavy atom. The van der Waals surface area contributed by atoms with Gasteiger partial charge in [-0.25, -0.2) is 0 Å². The van der Waals surface area contributed by atoms with Crippen molar-refractivity contribution in [2.24, 2.45) is 0 Å². The van der Waals surface area contributed by atoms with Crippen LogP contribution in [0.15, 0.2) is 0 Å². The van der Waals surface area contributed by atoms with E-state index >= 15 is 0 Å². The first-order valence-electron chi connectivity index (χ1n) is 3.47. The summed E-state index contributed by atoms with van der Waals surface area (Å²) in [6.45, 7) is 0.390. The molecule has 0 amide bonds. The summed E-state index contributed by atoms with van der Waals surface area (Å²) in [5, 5.41) is 16.2. The first-order chi connectivity index (χ1) is 6.91. The first-order valence-corrected chi connectivity index (χ1v) is 6.13. The third-order valence-corrected chi connectivity index (χ3v) is 0.566. The van der Waals surface area contributed by atoms with Crippen molar-refractivity contribution in [2.45, 2.75) is 12.8 Å². The van der Waals surface area contributed by atoms with Crippen LogP contribution in [0, 0.1) is 0 Å². The van der Waals surface area contributed by atoms with Gasteiger partial charge in [-0.15, -0.1) is 0 Å². The Balaban J connectivity index is -0.0000000729. The minimum Gasteiger partial charge on any atom is -0.759 e. The number of unbranched alkanes of at least 4 members (excludes halogenated alkanes) is 1. The van der Waals surface area contributed by atoms with Gasteiger partial charge >= 0.3 is 29.6 Å². The van der Waals surface area contributed by atoms with Crippen LogP contribution in [0.2, 0.25) is 0 Å². The predicted octanol–water partition coefficient (Wildman–Crippen LogP) is -5.92. The van der Waals surface area contributed by atoms with Gasteiger partial charge in [-0.05, 0) is 12.8 Å². The van der Waals surface area contributed by atoms with Crippen LogP contribution >= 0.6 is 0 Å². The van der Waals surface area contributed by atoms with Crippen molar-refractivity contribution in [3.8, 4) is 0 Å². The molecule has 17 heavy (non-hydrogen) atoms. The largest absolute Gasteiger partial charge is 1.00 e. The molecule has 0 radical (unpaired) electrons. The molecule has 0 atom stereocenters. The third kappa shape index (κ3) is 267. The number of aliphatic hydroxyl groups is 2. The topological polar surface area (TPSA) is 201 Å². The van der Waals surface area contributed by atoms with Gasteiger partial charge in [-0.3, -0.25) is 16.8 Å². The summed E-state index contributed by atoms with van der Waals surface area (Å²) in [5.41, 5.74) is 0. The van der Waals surface area contributed by atoms with Gasteiger partial charge in [0.1, 0.15) is 0 Å². The zero-order chi connectivity index (χ0) is 13.8. The van der Waals surface area contributed by atoms with Crippen LogP contribution < -0.4 is 29.6 Å². The fourth-order valence-electron chi connectivity index (χ4n) is 0.224. The average Bonchev–Trinajstić information content (AvgIpc) is 1.94. The van der Waals surface area contributed by atoms with Crippen LogP contribution in [0.3, 0.4) is 0 Å². The summed E-state index contributed by atoms with van der Waals surface area (Å²) >= 11 is 0. The Kier molecular flexibility index (Phi) is 22.7. The van der Waals surface area contributed by atoms with Gasteiger partial charge < -0.3 is 28.4 Å². The Labute approximate surface area is 121 Å². The quantitative estimate of drug-likeness (QED) is 0.219. The van der Waals surface area contributed by atoms with Gasteiger partial charge in [-0.1, -0.05) is 0 Å². The van der Waals surface area contributed by atoms with Crippen molar-refractivity contribution >= 4 is 20.8 Å². The Hall–Kier alpha value is 0.660. The maximum Gasteiger partial charge on any atom is 1.00 e. The first kappa shape index (κ1) is 26.3. The summed E-state index contributed by atoms with van der Waals surface area (Å²) in [5.74, 6) is 0. The van der Waals surface area contributed by atoms with Crippen molar-refractivity contribution in [3.05, 3.63) is 0 Å². The molecule has 0 unspecified atom stereocenters. The average molecular weight is 305 g/mol. The van der Waals surface area contributed by atoms with Crippen LogP contribution in [0.4, 0.5) is 0 Å². The minimum atomic E-state index is -5.17. The zero-order valence-electron chi connectivity index (χ0n) is 8.81. The molecule has 0 bridgehead atoms. The molecule has 0 aliphatic carbocycles. The van der Waals surface area contributed by atoms with E-state index in [9.17, 15) is 0 Å². The maximum atomic E-state index is 8.52. The van der Waals surface area contributed by atoms with E-state index in [1.54, 1.807) is 0 Å². The van der Waals surface area contributed by atoms with Crippen LogP contribution in [0.25, 0.3) is 0 Å². The molecule has 0 rings (SSSR count). The SMILES string of the molecule is O=S(=O)([O-])[O-].O=S(=O)([O-])[O-].OCCCCO.[Na+]. The van der Waals surface area contributed by atoms with E-state index in [4.69, 9.17) is 45.3 Å². The molecule has 0 aromatic heterocycles. The van der Waals surface area contributed by atoms with Gasteiger partial charge in [0, 0.05) is 34.0 Å². The molecular formula is C4H10NaO10S2-3. The van der Waals surface area contributed by atoms with Gasteiger partial charge in [0.15, 0.2) is 0 Å². The van der Waals surface area contributed by atoms with Crippen molar-refractivity contribution in [3.63, 3.8) is 0 Å². The van der Waals surface area contributed by atoms with Crippen LogP contribution in [0.5, 0.6) is 0 Å². The normalized spacial score (nSPS) is 10.0. The van der Waals surface area contributed by atoms with Crippen LogP contribution in [-0.4, -0.2) is 58.5 Å². The van der Waals surface area contributed by atoms with Gasteiger partial charge in [0.25, 0.3) is 0 Å². The van der Waals surface area contributed by atoms with Crippen LogP contribution in [0.1, 0.15) is 12.8 Å². The van der Waals surface area contributed by atoms with E-state index in [0.29, 0.717) is 0 Å². The zero-order valence-corrected chi connectivity index (χ0v) is 12.4. The molecule has 0 aromatic carbocycles. The smallest absolute Gasteiger partial charge is 0.759 e. The molecule has 13 heteroatoms. The van der Waals surface area contributed by atoms with Gasteiger partial charge in [-0.2, -0.15) is 0 Å². The van der Waals surface area contributed by atoms with Crippen molar-refractivity contribution in [1.82, 2.24) is 0 Å². The minimum absolute atomic E-state index is 0. The van der Waals surface area contributed by atoms with E-state index in [0.717, 1.165) is 12.8 Å². The Morgan fingerprint density at radius 1 is 0.706 bits per heavy atom. The molecule has 0 aliphatic rings. The van der Waals surface area contributed by atoms with E-state index in [1.807, 2.05) is 0 Å². The molecule has 0 aromatic rings. The van der Waals surface area contributed by atoms with E-state index < -0.39 is 20.8 Å². The number of hydrogen-bond acceptors (Lipinski definition) is 10. The summed E-state index contributed by atoms with van der Waals surface area (Å²) in [6.07, 6.45) is 1.44. The standard InChI is InChI=1S/C4H10O2.Na.2H2O4S/c5-3-1-2-4-6;;2*1-5(2,3)4/h5-6H,1-4H2;;2*(H2,1,2,3,4)/q;+1;;/p-4. The fraction of sp³-hybridized carbons (Fsp3) is 1.00. The molecule has 0 spiro atoms. The monoisotopic (exact) mass is 305 g/mol. The molecule has 0 aliphatic heterocycles. The second-order valence-corrected chi connectivity index (χ2v) is 3.60. The molecule has 0 heterocycles. The second kappa shape index (κ2) is 14.7. The van der Waals surface area contributed by atoms with E-state index in [1.165, 1.54) is 0 Å². The fourth-order valence-corrected chi connectivity index (χ4v) is 0.224. The van der Waals surface area contributed by atoms with E-state index in [-0.39, 0.29) is 42.8 Å².